The van der Waals surface area contributed by atoms with Crippen molar-refractivity contribution in [2.75, 3.05) is 19.6 Å². The van der Waals surface area contributed by atoms with Gasteiger partial charge in [-0.3, -0.25) is 14.7 Å². The number of rotatable bonds is 12. The fourth-order valence-electron chi connectivity index (χ4n) is 2.80. The topological polar surface area (TPSA) is 99.8 Å². The highest BCUT2D eigenvalue weighted by Crippen LogP contribution is 2.20. The number of carbonyl (C=O) groups excluding carboxylic acids is 2. The first-order chi connectivity index (χ1) is 11.9. The number of nitrogens with two attached hydrogens (primary N) is 1. The molecule has 0 saturated carbocycles. The molecule has 0 aromatic heterocycles. The minimum absolute atomic E-state index is 0. The van der Waals surface area contributed by atoms with Crippen molar-refractivity contribution in [1.29, 1.82) is 0 Å². The van der Waals surface area contributed by atoms with Gasteiger partial charge >= 0.3 is 6.03 Å². The summed E-state index contributed by atoms with van der Waals surface area (Å²) >= 11 is 0. The molecule has 0 aromatic rings. The molecule has 0 aromatic carbocycles. The van der Waals surface area contributed by atoms with Gasteiger partial charge in [-0.1, -0.05) is 46.0 Å². The zero-order valence-electron chi connectivity index (χ0n) is 16.5. The Hall–Kier alpha value is -1.06. The van der Waals surface area contributed by atoms with E-state index in [9.17, 15) is 9.59 Å². The molecule has 1 saturated heterocycles. The zero-order chi connectivity index (χ0) is 18.7. The molecule has 4 N–H and O–H groups in total. The first kappa shape index (κ1) is 24.9. The normalized spacial score (nSPS) is 20.1. The summed E-state index contributed by atoms with van der Waals surface area (Å²) in [5.74, 6) is 0.280. The molecule has 0 radical (unpaired) electrons. The predicted molar refractivity (Wildman–Crippen MR) is 117 cm³/mol. The van der Waals surface area contributed by atoms with Crippen LogP contribution in [0.5, 0.6) is 0 Å². The smallest absolute Gasteiger partial charge is 0.325 e. The van der Waals surface area contributed by atoms with Crippen molar-refractivity contribution in [2.24, 2.45) is 10.7 Å². The third-order valence-electron chi connectivity index (χ3n) is 4.71. The van der Waals surface area contributed by atoms with E-state index in [1.54, 1.807) is 6.92 Å². The van der Waals surface area contributed by atoms with E-state index in [1.807, 2.05) is 6.92 Å². The first-order valence-electron chi connectivity index (χ1n) is 9.62. The highest BCUT2D eigenvalue weighted by molar-refractivity contribution is 14.0. The maximum Gasteiger partial charge on any atom is 0.325 e. The van der Waals surface area contributed by atoms with Crippen LogP contribution in [0.15, 0.2) is 4.99 Å². The van der Waals surface area contributed by atoms with Gasteiger partial charge in [-0.2, -0.15) is 0 Å². The quantitative estimate of drug-likeness (QED) is 0.131. The number of amides is 3. The number of carbonyl (C=O) groups is 2. The second-order valence-electron chi connectivity index (χ2n) is 6.89. The molecule has 1 rings (SSSR count). The van der Waals surface area contributed by atoms with Gasteiger partial charge in [-0.25, -0.2) is 4.79 Å². The molecule has 0 aliphatic carbocycles. The van der Waals surface area contributed by atoms with E-state index in [4.69, 9.17) is 5.73 Å². The maximum absolute atomic E-state index is 12.2. The SMILES string of the molecule is CCCCCCCCNC(N)=NCCCN1C(=O)NC(C)(CC)C1=O.I. The summed E-state index contributed by atoms with van der Waals surface area (Å²) in [7, 11) is 0. The Morgan fingerprint density at radius 3 is 2.42 bits per heavy atom. The second kappa shape index (κ2) is 13.2. The Kier molecular flexibility index (Phi) is 12.6. The first-order valence-corrected chi connectivity index (χ1v) is 9.62. The van der Waals surface area contributed by atoms with Crippen LogP contribution in [-0.2, 0) is 4.79 Å². The number of nitrogens with zero attached hydrogens (tertiary/aromatic N) is 2. The Balaban J connectivity index is 0.00000625. The highest BCUT2D eigenvalue weighted by atomic mass is 127. The molecule has 0 spiro atoms. The van der Waals surface area contributed by atoms with Crippen LogP contribution in [0.3, 0.4) is 0 Å². The largest absolute Gasteiger partial charge is 0.370 e. The van der Waals surface area contributed by atoms with E-state index in [-0.39, 0.29) is 35.9 Å². The molecule has 1 fully saturated rings. The van der Waals surface area contributed by atoms with Gasteiger partial charge in [0.25, 0.3) is 5.91 Å². The van der Waals surface area contributed by atoms with E-state index in [0.29, 0.717) is 31.9 Å². The number of nitrogens with one attached hydrogen (secondary N) is 2. The number of halogens is 1. The molecule has 1 aliphatic rings. The van der Waals surface area contributed by atoms with E-state index in [1.165, 1.54) is 37.0 Å². The van der Waals surface area contributed by atoms with Crippen LogP contribution >= 0.6 is 24.0 Å². The number of hydrogen-bond donors (Lipinski definition) is 3. The van der Waals surface area contributed by atoms with Crippen molar-refractivity contribution < 1.29 is 9.59 Å². The molecule has 1 heterocycles. The van der Waals surface area contributed by atoms with Gasteiger partial charge in [0, 0.05) is 19.6 Å². The lowest BCUT2D eigenvalue weighted by Crippen LogP contribution is -2.43. The molecule has 1 unspecified atom stereocenters. The number of aliphatic imine (C=N–C) groups is 1. The van der Waals surface area contributed by atoms with Gasteiger partial charge in [0.15, 0.2) is 5.96 Å². The van der Waals surface area contributed by atoms with Gasteiger partial charge in [-0.15, -0.1) is 24.0 Å². The molecule has 1 aliphatic heterocycles. The summed E-state index contributed by atoms with van der Waals surface area (Å²) in [6.45, 7) is 7.57. The van der Waals surface area contributed by atoms with Crippen molar-refractivity contribution in [3.05, 3.63) is 0 Å². The third-order valence-corrected chi connectivity index (χ3v) is 4.71. The lowest BCUT2D eigenvalue weighted by atomic mass is 9.99. The van der Waals surface area contributed by atoms with Gasteiger partial charge in [0.1, 0.15) is 5.54 Å². The van der Waals surface area contributed by atoms with Crippen molar-refractivity contribution in [2.45, 2.75) is 77.7 Å². The Morgan fingerprint density at radius 2 is 1.81 bits per heavy atom. The van der Waals surface area contributed by atoms with Crippen molar-refractivity contribution in [3.63, 3.8) is 0 Å². The van der Waals surface area contributed by atoms with Gasteiger partial charge in [-0.05, 0) is 26.2 Å². The number of imide groups is 1. The summed E-state index contributed by atoms with van der Waals surface area (Å²) in [6.07, 6.45) is 8.65. The Labute approximate surface area is 174 Å². The van der Waals surface area contributed by atoms with Crippen LogP contribution in [0, 0.1) is 0 Å². The fraction of sp³-hybridized carbons (Fsp3) is 0.833. The molecule has 0 bridgehead atoms. The van der Waals surface area contributed by atoms with Gasteiger partial charge in [0.05, 0.1) is 0 Å². The van der Waals surface area contributed by atoms with E-state index in [2.05, 4.69) is 22.5 Å². The number of guanidine groups is 1. The fourth-order valence-corrected chi connectivity index (χ4v) is 2.80. The summed E-state index contributed by atoms with van der Waals surface area (Å²) < 4.78 is 0. The summed E-state index contributed by atoms with van der Waals surface area (Å²) in [5, 5.41) is 5.86. The molecule has 152 valence electrons. The predicted octanol–water partition coefficient (Wildman–Crippen LogP) is 2.98. The van der Waals surface area contributed by atoms with Crippen LogP contribution in [0.2, 0.25) is 0 Å². The summed E-state index contributed by atoms with van der Waals surface area (Å²) in [5.41, 5.74) is 5.06. The summed E-state index contributed by atoms with van der Waals surface area (Å²) in [4.78, 5) is 29.6. The molecule has 26 heavy (non-hydrogen) atoms. The lowest BCUT2D eigenvalue weighted by Gasteiger charge is -2.19. The van der Waals surface area contributed by atoms with E-state index >= 15 is 0 Å². The molecule has 1 atom stereocenters. The Morgan fingerprint density at radius 1 is 1.15 bits per heavy atom. The molecular formula is C18H36IN5O2. The highest BCUT2D eigenvalue weighted by Gasteiger charge is 2.45. The molecule has 7 nitrogen and oxygen atoms in total. The van der Waals surface area contributed by atoms with Crippen LogP contribution in [-0.4, -0.2) is 48.0 Å². The lowest BCUT2D eigenvalue weighted by molar-refractivity contribution is -0.130. The van der Waals surface area contributed by atoms with Crippen LogP contribution < -0.4 is 16.4 Å². The molecular weight excluding hydrogens is 445 g/mol. The van der Waals surface area contributed by atoms with Crippen LogP contribution in [0.25, 0.3) is 0 Å². The van der Waals surface area contributed by atoms with E-state index < -0.39 is 5.54 Å². The van der Waals surface area contributed by atoms with Gasteiger partial charge < -0.3 is 16.4 Å². The molecule has 3 amide bonds. The minimum Gasteiger partial charge on any atom is -0.370 e. The number of urea groups is 1. The zero-order valence-corrected chi connectivity index (χ0v) is 18.8. The average Bonchev–Trinajstić information content (AvgIpc) is 2.81. The third kappa shape index (κ3) is 8.09. The van der Waals surface area contributed by atoms with Crippen LogP contribution in [0.1, 0.15) is 72.1 Å². The Bertz CT molecular complexity index is 472. The average molecular weight is 481 g/mol. The number of hydrogen-bond acceptors (Lipinski definition) is 3. The maximum atomic E-state index is 12.2. The standard InChI is InChI=1S/C18H35N5O2.HI/c1-4-6-7-8-9-10-12-20-16(19)21-13-11-14-23-15(24)18(3,5-2)22-17(23)25;/h4-14H2,1-3H3,(H,22,25)(H3,19,20,21);1H. The van der Waals surface area contributed by atoms with Crippen LogP contribution in [0.4, 0.5) is 4.79 Å². The summed E-state index contributed by atoms with van der Waals surface area (Å²) in [6, 6.07) is -0.313. The monoisotopic (exact) mass is 481 g/mol. The van der Waals surface area contributed by atoms with Crippen molar-refractivity contribution >= 4 is 41.9 Å². The molecule has 8 heteroatoms. The van der Waals surface area contributed by atoms with Gasteiger partial charge in [0.2, 0.25) is 0 Å². The van der Waals surface area contributed by atoms with E-state index in [0.717, 1.165) is 13.0 Å². The second-order valence-corrected chi connectivity index (χ2v) is 6.89. The minimum atomic E-state index is -0.766. The van der Waals surface area contributed by atoms with Crippen molar-refractivity contribution in [3.8, 4) is 0 Å². The van der Waals surface area contributed by atoms with Crippen molar-refractivity contribution in [1.82, 2.24) is 15.5 Å². The number of unbranched alkanes of at least 4 members (excludes halogenated alkanes) is 5.